The summed E-state index contributed by atoms with van der Waals surface area (Å²) in [6, 6.07) is 35.8. The maximum absolute atomic E-state index is 15.5. The molecular weight excluding hydrogens is 925 g/mol. The average molecular weight is 975 g/mol. The monoisotopic (exact) mass is 974 g/mol. The van der Waals surface area contributed by atoms with Gasteiger partial charge in [0, 0.05) is 46.1 Å². The standard InChI is InChI=1S/C64H50N2O8/c1-3-5-7-9-27-65-61(71)55-45(41-19-11-37(33-67)12-20-41)29-49-51-31-47(43-23-15-39(35-69)16-24-43)57-60-54(51)52(50-30-46(42-21-13-38(34-68)14-22-42)56(62(65)72)59(55)53(49)50)32-48(44-25-17-40(36-70)18-26-44)58(60)64(74)66(63(57)73)28-10-8-6-4-2/h11-26,29-36H,3-10,27-28H2,1-2H3. The summed E-state index contributed by atoms with van der Waals surface area (Å²) in [6.07, 6.45) is 9.68. The van der Waals surface area contributed by atoms with E-state index in [1.54, 1.807) is 97.1 Å². The highest BCUT2D eigenvalue weighted by molar-refractivity contribution is 6.44. The maximum atomic E-state index is 15.5. The second-order valence-corrected chi connectivity index (χ2v) is 19.5. The number of carbonyl (C=O) groups excluding carboxylic acids is 8. The molecule has 0 fully saturated rings. The lowest BCUT2D eigenvalue weighted by Gasteiger charge is -2.34. The molecule has 0 unspecified atom stereocenters. The number of imide groups is 2. The van der Waals surface area contributed by atoms with Crippen LogP contribution in [0.1, 0.15) is 148 Å². The van der Waals surface area contributed by atoms with Crippen LogP contribution in [0.25, 0.3) is 87.6 Å². The molecule has 364 valence electrons. The number of hydrogen-bond acceptors (Lipinski definition) is 8. The van der Waals surface area contributed by atoms with Crippen molar-refractivity contribution in [3.8, 4) is 44.5 Å². The van der Waals surface area contributed by atoms with E-state index in [2.05, 4.69) is 13.8 Å². The van der Waals surface area contributed by atoms with E-state index in [4.69, 9.17) is 0 Å². The largest absolute Gasteiger partial charge is 0.298 e. The van der Waals surface area contributed by atoms with Crippen LogP contribution in [0.5, 0.6) is 0 Å². The van der Waals surface area contributed by atoms with Gasteiger partial charge in [-0.3, -0.25) is 48.2 Å². The molecule has 0 spiro atoms. The van der Waals surface area contributed by atoms with Crippen molar-refractivity contribution in [2.45, 2.75) is 65.2 Å². The van der Waals surface area contributed by atoms with E-state index in [1.807, 2.05) is 24.3 Å². The Balaban J connectivity index is 1.36. The summed E-state index contributed by atoms with van der Waals surface area (Å²) in [5, 5.41) is 4.81. The summed E-state index contributed by atoms with van der Waals surface area (Å²) in [7, 11) is 0. The normalized spacial score (nSPS) is 13.3. The van der Waals surface area contributed by atoms with Crippen molar-refractivity contribution < 1.29 is 38.4 Å². The lowest BCUT2D eigenvalue weighted by atomic mass is 9.75. The topological polar surface area (TPSA) is 143 Å². The van der Waals surface area contributed by atoms with Crippen molar-refractivity contribution in [1.82, 2.24) is 9.80 Å². The zero-order valence-corrected chi connectivity index (χ0v) is 41.1. The van der Waals surface area contributed by atoms with Crippen molar-refractivity contribution >= 4 is 91.9 Å². The minimum atomic E-state index is -0.447. The van der Waals surface area contributed by atoms with Gasteiger partial charge >= 0.3 is 0 Å². The lowest BCUT2D eigenvalue weighted by Crippen LogP contribution is -2.41. The molecule has 0 radical (unpaired) electrons. The number of fused-ring (bicyclic) bond motifs is 2. The third kappa shape index (κ3) is 7.63. The number of benzene rings is 9. The first-order valence-electron chi connectivity index (χ1n) is 25.4. The van der Waals surface area contributed by atoms with E-state index < -0.39 is 23.6 Å². The van der Waals surface area contributed by atoms with E-state index in [9.17, 15) is 19.2 Å². The number of aldehydes is 4. The van der Waals surface area contributed by atoms with Gasteiger partial charge in [0.05, 0.1) is 22.3 Å². The van der Waals surface area contributed by atoms with Crippen LogP contribution in [-0.4, -0.2) is 71.7 Å². The molecule has 0 saturated heterocycles. The number of nitrogens with zero attached hydrogens (tertiary/aromatic N) is 2. The molecule has 0 atom stereocenters. The van der Waals surface area contributed by atoms with E-state index in [0.717, 1.165) is 63.7 Å². The third-order valence-corrected chi connectivity index (χ3v) is 15.1. The molecule has 10 heteroatoms. The minimum absolute atomic E-state index is 0.193. The Bertz CT molecular complexity index is 3350. The number of carbonyl (C=O) groups is 8. The molecule has 0 aromatic heterocycles. The summed E-state index contributed by atoms with van der Waals surface area (Å²) < 4.78 is 0. The fourth-order valence-corrected chi connectivity index (χ4v) is 11.4. The molecule has 0 N–H and O–H groups in total. The first-order chi connectivity index (χ1) is 36.1. The van der Waals surface area contributed by atoms with Gasteiger partial charge in [-0.1, -0.05) is 149 Å². The summed E-state index contributed by atoms with van der Waals surface area (Å²) >= 11 is 0. The molecule has 9 aromatic carbocycles. The van der Waals surface area contributed by atoms with Crippen molar-refractivity contribution in [1.29, 1.82) is 0 Å². The first kappa shape index (κ1) is 47.6. The number of rotatable bonds is 18. The van der Waals surface area contributed by atoms with Crippen molar-refractivity contribution in [2.24, 2.45) is 0 Å². The van der Waals surface area contributed by atoms with Gasteiger partial charge in [0.25, 0.3) is 23.6 Å². The highest BCUT2D eigenvalue weighted by atomic mass is 16.2. The van der Waals surface area contributed by atoms with Gasteiger partial charge in [0.1, 0.15) is 25.1 Å². The minimum Gasteiger partial charge on any atom is -0.298 e. The molecule has 4 amide bonds. The molecular formula is C64H50N2O8. The zero-order valence-electron chi connectivity index (χ0n) is 41.1. The molecule has 9 aromatic rings. The Morgan fingerprint density at radius 2 is 0.568 bits per heavy atom. The molecule has 0 bridgehead atoms. The average Bonchev–Trinajstić information content (AvgIpc) is 3.44. The Kier molecular flexibility index (Phi) is 12.4. The fraction of sp³-hybridized carbons (Fsp3) is 0.188. The van der Waals surface area contributed by atoms with Crippen LogP contribution in [-0.2, 0) is 0 Å². The van der Waals surface area contributed by atoms with E-state index in [1.165, 1.54) is 9.80 Å². The predicted molar refractivity (Wildman–Crippen MR) is 290 cm³/mol. The van der Waals surface area contributed by atoms with Gasteiger partial charge < -0.3 is 0 Å². The summed E-state index contributed by atoms with van der Waals surface area (Å²) in [5.41, 5.74) is 7.73. The predicted octanol–water partition coefficient (Wildman–Crippen LogP) is 14.0. The Morgan fingerprint density at radius 1 is 0.324 bits per heavy atom. The molecule has 2 heterocycles. The molecule has 2 aliphatic heterocycles. The summed E-state index contributed by atoms with van der Waals surface area (Å²) in [6.45, 7) is 4.59. The summed E-state index contributed by atoms with van der Waals surface area (Å²) in [5.74, 6) is -1.79. The lowest BCUT2D eigenvalue weighted by molar-refractivity contribution is 0.0593. The Morgan fingerprint density at radius 3 is 0.784 bits per heavy atom. The van der Waals surface area contributed by atoms with Crippen LogP contribution in [0.4, 0.5) is 0 Å². The molecule has 0 aliphatic carbocycles. The van der Waals surface area contributed by atoms with Crippen LogP contribution < -0.4 is 0 Å². The smallest absolute Gasteiger partial charge is 0.262 e. The molecule has 11 rings (SSSR count). The van der Waals surface area contributed by atoms with Gasteiger partial charge in [0.15, 0.2) is 0 Å². The van der Waals surface area contributed by atoms with Crippen molar-refractivity contribution in [2.75, 3.05) is 13.1 Å². The second kappa shape index (κ2) is 19.3. The third-order valence-electron chi connectivity index (χ3n) is 15.1. The van der Waals surface area contributed by atoms with Gasteiger partial charge in [-0.2, -0.15) is 0 Å². The second-order valence-electron chi connectivity index (χ2n) is 19.5. The maximum Gasteiger partial charge on any atom is 0.262 e. The van der Waals surface area contributed by atoms with E-state index in [-0.39, 0.29) is 13.1 Å². The molecule has 10 nitrogen and oxygen atoms in total. The van der Waals surface area contributed by atoms with Crippen LogP contribution >= 0.6 is 0 Å². The number of amides is 4. The van der Waals surface area contributed by atoms with Crippen molar-refractivity contribution in [3.05, 3.63) is 166 Å². The number of hydrogen-bond donors (Lipinski definition) is 0. The Labute approximate surface area is 426 Å². The van der Waals surface area contributed by atoms with Gasteiger partial charge in [-0.15, -0.1) is 0 Å². The van der Waals surface area contributed by atoms with Gasteiger partial charge in [-0.25, -0.2) is 0 Å². The quantitative estimate of drug-likeness (QED) is 0.0272. The molecule has 74 heavy (non-hydrogen) atoms. The van der Waals surface area contributed by atoms with E-state index in [0.29, 0.717) is 145 Å². The van der Waals surface area contributed by atoms with Crippen LogP contribution in [0.15, 0.2) is 121 Å². The highest BCUT2D eigenvalue weighted by Gasteiger charge is 2.41. The highest BCUT2D eigenvalue weighted by Crippen LogP contribution is 2.54. The Hall–Kier alpha value is -8.76. The SMILES string of the molecule is CCCCCCN1C(=O)c2c(-c3ccc(C=O)cc3)cc3c4cc(-c5ccc(C=O)cc5)c5c6c(c(-c7ccc(C=O)cc7)cc(c7cc(-c8ccc(C=O)cc8)c(c2c37)C1=O)c64)C(=O)N(CCCCCC)C5=O. The van der Waals surface area contributed by atoms with Crippen LogP contribution in [0.2, 0.25) is 0 Å². The van der Waals surface area contributed by atoms with Gasteiger partial charge in [0.2, 0.25) is 0 Å². The summed E-state index contributed by atoms with van der Waals surface area (Å²) in [4.78, 5) is 113. The molecule has 2 aliphatic rings. The fourth-order valence-electron chi connectivity index (χ4n) is 11.4. The number of unbranched alkanes of at least 4 members (excludes halogenated alkanes) is 6. The van der Waals surface area contributed by atoms with Crippen molar-refractivity contribution in [3.63, 3.8) is 0 Å². The van der Waals surface area contributed by atoms with Gasteiger partial charge in [-0.05, 0) is 114 Å². The van der Waals surface area contributed by atoms with Crippen LogP contribution in [0, 0.1) is 0 Å². The van der Waals surface area contributed by atoms with E-state index >= 15 is 19.2 Å². The molecule has 0 saturated carbocycles. The zero-order chi connectivity index (χ0) is 51.4. The van der Waals surface area contributed by atoms with Crippen LogP contribution in [0.3, 0.4) is 0 Å². The first-order valence-corrected chi connectivity index (χ1v) is 25.4.